The van der Waals surface area contributed by atoms with Crippen LogP contribution in [0.25, 0.3) is 55.0 Å². The average molecular weight is 536 g/mol. The molecule has 10 heteroatoms. The van der Waals surface area contributed by atoms with E-state index in [2.05, 4.69) is 36.5 Å². The number of ether oxygens (including phenoxy) is 1. The summed E-state index contributed by atoms with van der Waals surface area (Å²) in [6.07, 6.45) is 9.37. The third kappa shape index (κ3) is 4.47. The highest BCUT2D eigenvalue weighted by Gasteiger charge is 2.18. The first-order valence-electron chi connectivity index (χ1n) is 12.9. The first-order valence-corrected chi connectivity index (χ1v) is 13.7. The van der Waals surface area contributed by atoms with Crippen molar-refractivity contribution in [2.75, 3.05) is 13.1 Å². The number of aromatic amines is 2. The maximum atomic E-state index is 11.8. The van der Waals surface area contributed by atoms with E-state index < -0.39 is 0 Å². The van der Waals surface area contributed by atoms with E-state index in [1.807, 2.05) is 36.5 Å². The lowest BCUT2D eigenvalue weighted by atomic mass is 10.1. The summed E-state index contributed by atoms with van der Waals surface area (Å²) in [6.45, 7) is 3.52. The Morgan fingerprint density at radius 3 is 2.72 bits per heavy atom. The monoisotopic (exact) mass is 535 g/mol. The predicted molar refractivity (Wildman–Crippen MR) is 152 cm³/mol. The van der Waals surface area contributed by atoms with Crippen molar-refractivity contribution in [2.24, 2.45) is 0 Å². The molecule has 3 N–H and O–H groups in total. The van der Waals surface area contributed by atoms with E-state index in [1.54, 1.807) is 25.5 Å². The minimum atomic E-state index is 0.0598. The zero-order chi connectivity index (χ0) is 26.3. The van der Waals surface area contributed by atoms with Crippen LogP contribution in [-0.2, 0) is 0 Å². The number of hydrogen-bond donors (Lipinski definition) is 3. The van der Waals surface area contributed by atoms with Crippen molar-refractivity contribution in [3.05, 3.63) is 66.1 Å². The minimum absolute atomic E-state index is 0.0598. The minimum Gasteiger partial charge on any atom is -0.489 e. The highest BCUT2D eigenvalue weighted by atomic mass is 32.1. The van der Waals surface area contributed by atoms with Gasteiger partial charge in [-0.15, -0.1) is 11.3 Å². The molecule has 0 aromatic carbocycles. The summed E-state index contributed by atoms with van der Waals surface area (Å²) in [4.78, 5) is 30.8. The largest absolute Gasteiger partial charge is 0.489 e. The van der Waals surface area contributed by atoms with Gasteiger partial charge in [-0.2, -0.15) is 5.10 Å². The molecular formula is C29H25N7O2S. The summed E-state index contributed by atoms with van der Waals surface area (Å²) < 4.78 is 6.20. The van der Waals surface area contributed by atoms with Crippen molar-refractivity contribution in [3.8, 4) is 38.8 Å². The number of ketones is 1. The fraction of sp³-hybridized carbons (Fsp3) is 0.207. The number of pyridine rings is 3. The molecule has 9 nitrogen and oxygen atoms in total. The van der Waals surface area contributed by atoms with E-state index in [1.165, 1.54) is 11.3 Å². The molecule has 0 unspecified atom stereocenters. The molecule has 0 bridgehead atoms. The van der Waals surface area contributed by atoms with Gasteiger partial charge in [0.15, 0.2) is 5.78 Å². The second kappa shape index (κ2) is 9.72. The summed E-state index contributed by atoms with van der Waals surface area (Å²) in [6, 6.07) is 11.9. The third-order valence-corrected chi connectivity index (χ3v) is 8.24. The number of H-pyrrole nitrogens is 2. The van der Waals surface area contributed by atoms with Crippen LogP contribution in [0.5, 0.6) is 5.75 Å². The molecule has 0 saturated carbocycles. The Morgan fingerprint density at radius 1 is 1.00 bits per heavy atom. The van der Waals surface area contributed by atoms with Crippen molar-refractivity contribution in [2.45, 2.75) is 25.9 Å². The van der Waals surface area contributed by atoms with Gasteiger partial charge in [0.2, 0.25) is 0 Å². The van der Waals surface area contributed by atoms with Gasteiger partial charge in [-0.25, -0.2) is 4.98 Å². The van der Waals surface area contributed by atoms with E-state index in [4.69, 9.17) is 9.72 Å². The third-order valence-electron chi connectivity index (χ3n) is 7.02. The normalized spacial score (nSPS) is 14.3. The van der Waals surface area contributed by atoms with Crippen LogP contribution in [0.2, 0.25) is 0 Å². The van der Waals surface area contributed by atoms with Crippen LogP contribution < -0.4 is 10.1 Å². The van der Waals surface area contributed by atoms with Crippen LogP contribution in [0.15, 0.2) is 61.2 Å². The molecule has 0 spiro atoms. The molecule has 194 valence electrons. The van der Waals surface area contributed by atoms with Crippen molar-refractivity contribution in [1.29, 1.82) is 0 Å². The molecule has 1 fully saturated rings. The van der Waals surface area contributed by atoms with E-state index in [0.717, 1.165) is 91.6 Å². The molecule has 1 saturated heterocycles. The Labute approximate surface area is 227 Å². The number of nitrogens with one attached hydrogen (secondary N) is 3. The molecular weight excluding hydrogens is 510 g/mol. The molecule has 6 aromatic heterocycles. The standard InChI is InChI=1S/C29H25N7O2S/c1-16(37)26-4-5-27(39-26)21-14-32-15-25-20(21)11-24(33-25)29-28-23(35-36-29)3-2-22(34-28)17-10-19(13-31-12-17)38-18-6-8-30-9-7-18/h2-5,10-15,18,30,33H,6-9H2,1H3,(H,35,36). The Balaban J connectivity index is 1.25. The van der Waals surface area contributed by atoms with Crippen LogP contribution in [0.3, 0.4) is 0 Å². The van der Waals surface area contributed by atoms with Gasteiger partial charge < -0.3 is 15.0 Å². The molecule has 0 aliphatic carbocycles. The van der Waals surface area contributed by atoms with Crippen molar-refractivity contribution >= 4 is 39.1 Å². The Hall–Kier alpha value is -4.41. The molecule has 0 amide bonds. The number of hydrogen-bond acceptors (Lipinski definition) is 8. The number of nitrogens with zero attached hydrogens (tertiary/aromatic N) is 4. The molecule has 39 heavy (non-hydrogen) atoms. The zero-order valence-electron chi connectivity index (χ0n) is 21.2. The van der Waals surface area contributed by atoms with Crippen molar-refractivity contribution in [3.63, 3.8) is 0 Å². The SMILES string of the molecule is CC(=O)c1ccc(-c2cncc3[nH]c(-c4n[nH]c5ccc(-c6cncc(OC7CCNCC7)c6)nc45)cc23)s1. The number of carbonyl (C=O) groups is 1. The van der Waals surface area contributed by atoms with Crippen molar-refractivity contribution < 1.29 is 9.53 Å². The molecule has 1 aliphatic heterocycles. The van der Waals surface area contributed by atoms with E-state index >= 15 is 0 Å². The molecule has 0 radical (unpaired) electrons. The number of aromatic nitrogens is 6. The van der Waals surface area contributed by atoms with Gasteiger partial charge in [-0.1, -0.05) is 0 Å². The van der Waals surface area contributed by atoms with Gasteiger partial charge in [-0.05, 0) is 69.3 Å². The highest BCUT2D eigenvalue weighted by Crippen LogP contribution is 2.36. The summed E-state index contributed by atoms with van der Waals surface area (Å²) in [5.74, 6) is 0.815. The van der Waals surface area contributed by atoms with Crippen LogP contribution in [0.4, 0.5) is 0 Å². The number of thiophene rings is 1. The first kappa shape index (κ1) is 23.7. The number of piperidine rings is 1. The maximum Gasteiger partial charge on any atom is 0.169 e. The van der Waals surface area contributed by atoms with Gasteiger partial charge in [0.05, 0.1) is 39.7 Å². The fourth-order valence-electron chi connectivity index (χ4n) is 5.02. The fourth-order valence-corrected chi connectivity index (χ4v) is 5.95. The lowest BCUT2D eigenvalue weighted by molar-refractivity contribution is 0.102. The van der Waals surface area contributed by atoms with Crippen molar-refractivity contribution in [1.82, 2.24) is 35.5 Å². The predicted octanol–water partition coefficient (Wildman–Crippen LogP) is 5.63. The van der Waals surface area contributed by atoms with Gasteiger partial charge in [0, 0.05) is 33.8 Å². The summed E-state index contributed by atoms with van der Waals surface area (Å²) in [5.41, 5.74) is 6.69. The molecule has 0 atom stereocenters. The first-order chi connectivity index (χ1) is 19.1. The zero-order valence-corrected chi connectivity index (χ0v) is 22.0. The molecule has 7 heterocycles. The Kier molecular flexibility index (Phi) is 5.90. The average Bonchev–Trinajstić information content (AvgIpc) is 3.71. The quantitative estimate of drug-likeness (QED) is 0.237. The number of rotatable bonds is 6. The topological polar surface area (TPSA) is 121 Å². The van der Waals surface area contributed by atoms with Gasteiger partial charge >= 0.3 is 0 Å². The second-order valence-corrected chi connectivity index (χ2v) is 10.8. The summed E-state index contributed by atoms with van der Waals surface area (Å²) in [7, 11) is 0. The van der Waals surface area contributed by atoms with Crippen LogP contribution in [-0.4, -0.2) is 55.1 Å². The molecule has 7 rings (SSSR count). The lowest BCUT2D eigenvalue weighted by Crippen LogP contribution is -2.34. The van der Waals surface area contributed by atoms with Crippen LogP contribution in [0.1, 0.15) is 29.4 Å². The van der Waals surface area contributed by atoms with Gasteiger partial charge in [-0.3, -0.25) is 19.9 Å². The van der Waals surface area contributed by atoms with Crippen LogP contribution >= 0.6 is 11.3 Å². The Morgan fingerprint density at radius 2 is 1.87 bits per heavy atom. The number of fused-ring (bicyclic) bond motifs is 2. The molecule has 6 aromatic rings. The summed E-state index contributed by atoms with van der Waals surface area (Å²) >= 11 is 1.47. The van der Waals surface area contributed by atoms with E-state index in [-0.39, 0.29) is 11.9 Å². The second-order valence-electron chi connectivity index (χ2n) is 9.69. The summed E-state index contributed by atoms with van der Waals surface area (Å²) in [5, 5.41) is 12.1. The van der Waals surface area contributed by atoms with Gasteiger partial charge in [0.25, 0.3) is 0 Å². The molecule has 1 aliphatic rings. The highest BCUT2D eigenvalue weighted by molar-refractivity contribution is 7.17. The maximum absolute atomic E-state index is 11.8. The van der Waals surface area contributed by atoms with E-state index in [9.17, 15) is 4.79 Å². The number of Topliss-reactive ketones (excluding diaryl/α,β-unsaturated/α-hetero) is 1. The smallest absolute Gasteiger partial charge is 0.169 e. The lowest BCUT2D eigenvalue weighted by Gasteiger charge is -2.23. The number of carbonyl (C=O) groups excluding carboxylic acids is 1. The van der Waals surface area contributed by atoms with E-state index in [0.29, 0.717) is 0 Å². The Bertz CT molecular complexity index is 1830. The van der Waals surface area contributed by atoms with Crippen LogP contribution in [0, 0.1) is 0 Å². The van der Waals surface area contributed by atoms with Gasteiger partial charge in [0.1, 0.15) is 23.1 Å².